The molecule has 0 aliphatic rings. The first-order valence-corrected chi connectivity index (χ1v) is 4.77. The molecule has 2 nitrogen and oxygen atoms in total. The fraction of sp³-hybridized carbons (Fsp3) is 0.400. The summed E-state index contributed by atoms with van der Waals surface area (Å²) in [5.74, 6) is 0.869. The number of ether oxygens (including phenoxy) is 1. The first-order valence-electron chi connectivity index (χ1n) is 4.33. The molecule has 0 saturated heterocycles. The second kappa shape index (κ2) is 6.93. The van der Waals surface area contributed by atoms with Gasteiger partial charge in [0.2, 0.25) is 0 Å². The highest BCUT2D eigenvalue weighted by atomic mass is 35.5. The van der Waals surface area contributed by atoms with Gasteiger partial charge in [-0.2, -0.15) is 0 Å². The average molecular weight is 236 g/mol. The molecule has 2 N–H and O–H groups in total. The van der Waals surface area contributed by atoms with Crippen LogP contribution >= 0.6 is 11.6 Å². The predicted molar refractivity (Wildman–Crippen MR) is 54.3 cm³/mol. The van der Waals surface area contributed by atoms with Gasteiger partial charge in [-0.1, -0.05) is 12.1 Å². The van der Waals surface area contributed by atoms with Gasteiger partial charge >= 0.3 is 0 Å². The number of likely N-dealkylation sites (N-methyl/N-ethyl adjacent to an activating group) is 1. The molecule has 0 amide bonds. The molecule has 0 heterocycles. The van der Waals surface area contributed by atoms with Crippen LogP contribution < -0.4 is 22.5 Å². The molecule has 0 aromatic heterocycles. The van der Waals surface area contributed by atoms with E-state index in [-0.39, 0.29) is 17.8 Å². The van der Waals surface area contributed by atoms with Crippen LogP contribution in [0.4, 0.5) is 0 Å². The van der Waals surface area contributed by atoms with Crippen LogP contribution in [0.15, 0.2) is 24.3 Å². The lowest BCUT2D eigenvalue weighted by molar-refractivity contribution is -0.627. The van der Waals surface area contributed by atoms with Crippen molar-refractivity contribution in [1.82, 2.24) is 0 Å². The van der Waals surface area contributed by atoms with Gasteiger partial charge in [0.05, 0.1) is 20.7 Å². The van der Waals surface area contributed by atoms with E-state index >= 15 is 0 Å². The second-order valence-corrected chi connectivity index (χ2v) is 3.41. The molecule has 0 spiro atoms. The van der Waals surface area contributed by atoms with E-state index in [2.05, 4.69) is 5.32 Å². The summed E-state index contributed by atoms with van der Waals surface area (Å²) in [6.45, 7) is 0.897. The molecule has 80 valence electrons. The zero-order valence-corrected chi connectivity index (χ0v) is 9.85. The Hall–Kier alpha value is -0.440. The molecule has 1 unspecified atom stereocenters. The highest BCUT2D eigenvalue weighted by Gasteiger charge is 2.07. The van der Waals surface area contributed by atoms with E-state index in [1.54, 1.807) is 7.11 Å². The van der Waals surface area contributed by atoms with E-state index in [0.29, 0.717) is 0 Å². The molecule has 0 bridgehead atoms. The van der Waals surface area contributed by atoms with Gasteiger partial charge in [0, 0.05) is 0 Å². The van der Waals surface area contributed by atoms with Gasteiger partial charge in [-0.05, 0) is 17.7 Å². The van der Waals surface area contributed by atoms with Crippen LogP contribution in [-0.4, -0.2) is 20.7 Å². The number of benzene rings is 1. The summed E-state index contributed by atoms with van der Waals surface area (Å²) in [7, 11) is 3.67. The maximum Gasteiger partial charge on any atom is 0.118 e. The van der Waals surface area contributed by atoms with Crippen LogP contribution in [0.2, 0.25) is 0 Å². The molecule has 0 radical (unpaired) electrons. The number of hydrogen-bond donors (Lipinski definition) is 1. The van der Waals surface area contributed by atoms with E-state index in [9.17, 15) is 0 Å². The summed E-state index contributed by atoms with van der Waals surface area (Å²) in [6.07, 6.45) is 0. The number of hydrogen-bond acceptors (Lipinski definition) is 1. The van der Waals surface area contributed by atoms with Crippen molar-refractivity contribution in [3.63, 3.8) is 0 Å². The quantitative estimate of drug-likeness (QED) is 0.612. The van der Waals surface area contributed by atoms with Crippen LogP contribution in [-0.2, 0) is 0 Å². The van der Waals surface area contributed by atoms with Gasteiger partial charge < -0.3 is 22.5 Å². The van der Waals surface area contributed by atoms with Crippen molar-refractivity contribution in [2.24, 2.45) is 0 Å². The molecule has 14 heavy (non-hydrogen) atoms. The molecule has 0 saturated carbocycles. The molecule has 1 rings (SSSR count). The Morgan fingerprint density at radius 2 is 1.93 bits per heavy atom. The largest absolute Gasteiger partial charge is 1.00 e. The number of alkyl halides is 1. The van der Waals surface area contributed by atoms with E-state index < -0.39 is 0 Å². The monoisotopic (exact) mass is 235 g/mol. The van der Waals surface area contributed by atoms with Gasteiger partial charge in [-0.25, -0.2) is 0 Å². The number of nitrogens with two attached hydrogens (primary N) is 1. The summed E-state index contributed by atoms with van der Waals surface area (Å²) in [6, 6.07) is 7.86. The van der Waals surface area contributed by atoms with Crippen molar-refractivity contribution >= 4 is 11.6 Å². The van der Waals surface area contributed by atoms with Gasteiger partial charge in [-0.3, -0.25) is 0 Å². The highest BCUT2D eigenvalue weighted by molar-refractivity contribution is 6.20. The summed E-state index contributed by atoms with van der Waals surface area (Å²) in [5.41, 5.74) is 1.14. The van der Waals surface area contributed by atoms with E-state index in [4.69, 9.17) is 16.3 Å². The van der Waals surface area contributed by atoms with Crippen LogP contribution in [0.25, 0.3) is 0 Å². The standard InChI is InChI=1S/C10H14ClNO.ClH/c1-12-7-10(11)8-3-5-9(13-2)6-4-8;/h3-6,10,12H,7H2,1-2H3;1H. The fourth-order valence-corrected chi connectivity index (χ4v) is 1.48. The van der Waals surface area contributed by atoms with Crippen LogP contribution in [0.1, 0.15) is 10.9 Å². The molecule has 0 aliphatic heterocycles. The Kier molecular flexibility index (Phi) is 6.71. The van der Waals surface area contributed by atoms with Crippen molar-refractivity contribution in [2.45, 2.75) is 5.38 Å². The van der Waals surface area contributed by atoms with Gasteiger partial charge in [0.1, 0.15) is 11.1 Å². The third-order valence-corrected chi connectivity index (χ3v) is 2.35. The smallest absolute Gasteiger partial charge is 0.118 e. The Morgan fingerprint density at radius 1 is 1.36 bits per heavy atom. The average Bonchev–Trinajstić information content (AvgIpc) is 2.18. The number of quaternary nitrogens is 1. The van der Waals surface area contributed by atoms with Crippen LogP contribution in [0, 0.1) is 0 Å². The molecule has 0 fully saturated rings. The van der Waals surface area contributed by atoms with Crippen molar-refractivity contribution in [3.8, 4) is 5.75 Å². The maximum atomic E-state index is 6.13. The predicted octanol–water partition coefficient (Wildman–Crippen LogP) is -1.83. The highest BCUT2D eigenvalue weighted by Crippen LogP contribution is 2.21. The lowest BCUT2D eigenvalue weighted by atomic mass is 10.1. The molecule has 1 atom stereocenters. The molecular formula is C10H15Cl2NO. The minimum atomic E-state index is 0. The first-order chi connectivity index (χ1) is 6.27. The summed E-state index contributed by atoms with van der Waals surface area (Å²) in [4.78, 5) is 0. The summed E-state index contributed by atoms with van der Waals surface area (Å²) in [5, 5.41) is 2.15. The van der Waals surface area contributed by atoms with Crippen molar-refractivity contribution in [1.29, 1.82) is 0 Å². The number of halogens is 2. The van der Waals surface area contributed by atoms with Gasteiger partial charge in [0.15, 0.2) is 0 Å². The molecule has 0 aliphatic carbocycles. The SMILES string of the molecule is C[NH2+]CC(Cl)c1ccc(OC)cc1.[Cl-]. The van der Waals surface area contributed by atoms with E-state index in [1.165, 1.54) is 0 Å². The first kappa shape index (κ1) is 13.6. The molecule has 1 aromatic rings. The maximum absolute atomic E-state index is 6.13. The minimum Gasteiger partial charge on any atom is -1.00 e. The lowest BCUT2D eigenvalue weighted by Crippen LogP contribution is -3.00. The lowest BCUT2D eigenvalue weighted by Gasteiger charge is -2.07. The van der Waals surface area contributed by atoms with Crippen LogP contribution in [0.3, 0.4) is 0 Å². The summed E-state index contributed by atoms with van der Waals surface area (Å²) < 4.78 is 5.06. The van der Waals surface area contributed by atoms with E-state index in [1.807, 2.05) is 31.3 Å². The Balaban J connectivity index is 0.00000169. The molecule has 4 heteroatoms. The van der Waals surface area contributed by atoms with E-state index in [0.717, 1.165) is 17.9 Å². The Bertz CT molecular complexity index is 251. The third kappa shape index (κ3) is 3.74. The normalized spacial score (nSPS) is 11.6. The van der Waals surface area contributed by atoms with Crippen molar-refractivity contribution in [2.75, 3.05) is 20.7 Å². The topological polar surface area (TPSA) is 25.8 Å². The molecular weight excluding hydrogens is 221 g/mol. The number of methoxy groups -OCH3 is 1. The van der Waals surface area contributed by atoms with Gasteiger partial charge in [-0.15, -0.1) is 11.6 Å². The Morgan fingerprint density at radius 3 is 2.36 bits per heavy atom. The Labute approximate surface area is 96.0 Å². The minimum absolute atomic E-state index is 0. The van der Waals surface area contributed by atoms with Crippen molar-refractivity contribution in [3.05, 3.63) is 29.8 Å². The van der Waals surface area contributed by atoms with Crippen molar-refractivity contribution < 1.29 is 22.5 Å². The van der Waals surface area contributed by atoms with Crippen LogP contribution in [0.5, 0.6) is 5.75 Å². The zero-order chi connectivity index (χ0) is 9.68. The number of rotatable bonds is 4. The zero-order valence-electron chi connectivity index (χ0n) is 8.34. The fourth-order valence-electron chi connectivity index (χ4n) is 1.16. The van der Waals surface area contributed by atoms with Gasteiger partial charge in [0.25, 0.3) is 0 Å². The second-order valence-electron chi connectivity index (χ2n) is 2.88. The third-order valence-electron chi connectivity index (χ3n) is 1.92. The summed E-state index contributed by atoms with van der Waals surface area (Å²) >= 11 is 6.13. The molecule has 1 aromatic carbocycles.